The van der Waals surface area contributed by atoms with Crippen molar-refractivity contribution in [1.82, 2.24) is 14.9 Å². The van der Waals surface area contributed by atoms with Gasteiger partial charge in [0.05, 0.1) is 11.7 Å². The predicted molar refractivity (Wildman–Crippen MR) is 80.9 cm³/mol. The second kappa shape index (κ2) is 6.17. The molecule has 1 atom stereocenters. The first-order valence-corrected chi connectivity index (χ1v) is 7.59. The molecule has 0 bridgehead atoms. The van der Waals surface area contributed by atoms with Crippen LogP contribution in [0.5, 0.6) is 0 Å². The Morgan fingerprint density at radius 3 is 2.90 bits per heavy atom. The molecule has 1 unspecified atom stereocenters. The van der Waals surface area contributed by atoms with E-state index in [1.807, 2.05) is 12.3 Å². The van der Waals surface area contributed by atoms with Gasteiger partial charge in [0.15, 0.2) is 0 Å². The van der Waals surface area contributed by atoms with Gasteiger partial charge in [-0.25, -0.2) is 4.98 Å². The third kappa shape index (κ3) is 3.25. The summed E-state index contributed by atoms with van der Waals surface area (Å²) in [6.45, 7) is 6.45. The molecule has 6 heteroatoms. The van der Waals surface area contributed by atoms with Crippen LogP contribution in [0.15, 0.2) is 22.6 Å². The monoisotopic (exact) mass is 293 g/mol. The van der Waals surface area contributed by atoms with Crippen LogP contribution in [-0.2, 0) is 11.3 Å². The molecule has 0 saturated heterocycles. The van der Waals surface area contributed by atoms with Gasteiger partial charge in [0, 0.05) is 19.0 Å². The number of carbonyl (C=O) groups excluding carboxylic acids is 1. The van der Waals surface area contributed by atoms with Crippen LogP contribution in [0.4, 0.5) is 0 Å². The van der Waals surface area contributed by atoms with Crippen LogP contribution in [0.3, 0.4) is 0 Å². The average Bonchev–Trinajstić information content (AvgIpc) is 2.87. The van der Waals surface area contributed by atoms with Gasteiger partial charge < -0.3 is 5.32 Å². The molecule has 2 rings (SSSR count). The summed E-state index contributed by atoms with van der Waals surface area (Å²) in [5.41, 5.74) is -0.0824. The number of rotatable bonds is 5. The first-order valence-electron chi connectivity index (χ1n) is 6.71. The fraction of sp³-hybridized carbons (Fsp3) is 0.500. The summed E-state index contributed by atoms with van der Waals surface area (Å²) >= 11 is 1.44. The van der Waals surface area contributed by atoms with E-state index in [1.165, 1.54) is 22.2 Å². The van der Waals surface area contributed by atoms with Crippen LogP contribution in [0.2, 0.25) is 0 Å². The Bertz CT molecular complexity index is 660. The highest BCUT2D eigenvalue weighted by molar-refractivity contribution is 7.16. The normalized spacial score (nSPS) is 12.8. The highest BCUT2D eigenvalue weighted by Gasteiger charge is 2.11. The predicted octanol–water partition coefficient (Wildman–Crippen LogP) is 2.01. The number of hydrogen-bond acceptors (Lipinski definition) is 4. The van der Waals surface area contributed by atoms with Gasteiger partial charge in [-0.15, -0.1) is 11.3 Å². The number of nitrogens with zero attached hydrogens (tertiary/aromatic N) is 2. The van der Waals surface area contributed by atoms with Gasteiger partial charge in [-0.2, -0.15) is 0 Å². The summed E-state index contributed by atoms with van der Waals surface area (Å²) in [6, 6.07) is 1.91. The fourth-order valence-corrected chi connectivity index (χ4v) is 2.49. The summed E-state index contributed by atoms with van der Waals surface area (Å²) in [4.78, 5) is 28.9. The highest BCUT2D eigenvalue weighted by atomic mass is 32.1. The molecule has 108 valence electrons. The van der Waals surface area contributed by atoms with Gasteiger partial charge in [0.2, 0.25) is 5.91 Å². The highest BCUT2D eigenvalue weighted by Crippen LogP contribution is 2.13. The van der Waals surface area contributed by atoms with Crippen molar-refractivity contribution in [2.75, 3.05) is 0 Å². The summed E-state index contributed by atoms with van der Waals surface area (Å²) in [5, 5.41) is 5.40. The van der Waals surface area contributed by atoms with Crippen LogP contribution >= 0.6 is 11.3 Å². The number of carbonyl (C=O) groups is 1. The van der Waals surface area contributed by atoms with Gasteiger partial charge >= 0.3 is 0 Å². The third-order valence-corrected chi connectivity index (χ3v) is 4.24. The van der Waals surface area contributed by atoms with Crippen LogP contribution in [0.1, 0.15) is 27.2 Å². The molecule has 0 spiro atoms. The topological polar surface area (TPSA) is 64.0 Å². The van der Waals surface area contributed by atoms with Gasteiger partial charge in [-0.05, 0) is 24.3 Å². The van der Waals surface area contributed by atoms with Crippen LogP contribution in [0.25, 0.3) is 10.2 Å². The lowest BCUT2D eigenvalue weighted by atomic mass is 10.1. The maximum atomic E-state index is 12.1. The first kappa shape index (κ1) is 14.7. The minimum Gasteiger partial charge on any atom is -0.353 e. The second-order valence-corrected chi connectivity index (χ2v) is 6.13. The summed E-state index contributed by atoms with van der Waals surface area (Å²) in [6.07, 6.45) is 1.80. The zero-order valence-corrected chi connectivity index (χ0v) is 12.7. The van der Waals surface area contributed by atoms with Gasteiger partial charge in [-0.3, -0.25) is 14.2 Å². The molecule has 0 fully saturated rings. The maximum absolute atomic E-state index is 12.1. The average molecular weight is 293 g/mol. The minimum atomic E-state index is -0.0824. The third-order valence-electron chi connectivity index (χ3n) is 3.42. The number of aryl methyl sites for hydroxylation is 1. The smallest absolute Gasteiger partial charge is 0.262 e. The van der Waals surface area contributed by atoms with E-state index in [-0.39, 0.29) is 23.9 Å². The molecule has 0 radical (unpaired) electrons. The van der Waals surface area contributed by atoms with Crippen molar-refractivity contribution in [1.29, 1.82) is 0 Å². The molecule has 2 heterocycles. The van der Waals surface area contributed by atoms with E-state index < -0.39 is 0 Å². The number of nitrogens with one attached hydrogen (secondary N) is 1. The Morgan fingerprint density at radius 2 is 2.20 bits per heavy atom. The summed E-state index contributed by atoms with van der Waals surface area (Å²) < 4.78 is 1.49. The molecule has 20 heavy (non-hydrogen) atoms. The number of fused-ring (bicyclic) bond motifs is 1. The lowest BCUT2D eigenvalue weighted by molar-refractivity contribution is -0.122. The molecule has 1 amide bonds. The lowest BCUT2D eigenvalue weighted by Crippen LogP contribution is -2.37. The Labute approximate surface area is 121 Å². The van der Waals surface area contributed by atoms with E-state index in [1.54, 1.807) is 6.07 Å². The van der Waals surface area contributed by atoms with E-state index in [4.69, 9.17) is 0 Å². The Kier molecular flexibility index (Phi) is 4.54. The minimum absolute atomic E-state index is 0.0384. The molecule has 0 aliphatic carbocycles. The molecular weight excluding hydrogens is 274 g/mol. The van der Waals surface area contributed by atoms with Crippen molar-refractivity contribution in [3.63, 3.8) is 0 Å². The molecule has 0 aliphatic rings. The lowest BCUT2D eigenvalue weighted by Gasteiger charge is -2.17. The molecule has 1 N–H and O–H groups in total. The Morgan fingerprint density at radius 1 is 1.45 bits per heavy atom. The van der Waals surface area contributed by atoms with Crippen LogP contribution < -0.4 is 10.9 Å². The summed E-state index contributed by atoms with van der Waals surface area (Å²) in [5.74, 6) is 0.356. The van der Waals surface area contributed by atoms with Crippen LogP contribution in [-0.4, -0.2) is 21.5 Å². The SMILES string of the molecule is CC(C)C(C)NC(=O)CCn1cnc2sccc2c1=O. The number of aromatic nitrogens is 2. The molecule has 0 aromatic carbocycles. The van der Waals surface area contributed by atoms with Crippen molar-refractivity contribution in [3.05, 3.63) is 28.1 Å². The van der Waals surface area contributed by atoms with Gasteiger partial charge in [0.1, 0.15) is 4.83 Å². The van der Waals surface area contributed by atoms with Gasteiger partial charge in [0.25, 0.3) is 5.56 Å². The van der Waals surface area contributed by atoms with Crippen molar-refractivity contribution in [2.45, 2.75) is 39.8 Å². The molecule has 2 aromatic heterocycles. The zero-order chi connectivity index (χ0) is 14.7. The van der Waals surface area contributed by atoms with Crippen molar-refractivity contribution in [2.24, 2.45) is 5.92 Å². The Balaban J connectivity index is 2.01. The van der Waals surface area contributed by atoms with E-state index >= 15 is 0 Å². The van der Waals surface area contributed by atoms with Crippen LogP contribution in [0, 0.1) is 5.92 Å². The summed E-state index contributed by atoms with van der Waals surface area (Å²) in [7, 11) is 0. The molecule has 5 nitrogen and oxygen atoms in total. The Hall–Kier alpha value is -1.69. The van der Waals surface area contributed by atoms with E-state index in [0.717, 1.165) is 4.83 Å². The quantitative estimate of drug-likeness (QED) is 0.917. The van der Waals surface area contributed by atoms with Crippen molar-refractivity contribution < 1.29 is 4.79 Å². The first-order chi connectivity index (χ1) is 9.49. The molecule has 0 saturated carbocycles. The van der Waals surface area contributed by atoms with E-state index in [2.05, 4.69) is 24.1 Å². The number of hydrogen-bond donors (Lipinski definition) is 1. The van der Waals surface area contributed by atoms with Crippen molar-refractivity contribution in [3.8, 4) is 0 Å². The number of thiophene rings is 1. The zero-order valence-electron chi connectivity index (χ0n) is 11.9. The van der Waals surface area contributed by atoms with Gasteiger partial charge in [-0.1, -0.05) is 13.8 Å². The number of amides is 1. The largest absolute Gasteiger partial charge is 0.353 e. The molecular formula is C14H19N3O2S. The van der Waals surface area contributed by atoms with Crippen molar-refractivity contribution >= 4 is 27.5 Å². The standard InChI is InChI=1S/C14H19N3O2S/c1-9(2)10(3)16-12(18)4-6-17-8-15-13-11(14(17)19)5-7-20-13/h5,7-10H,4,6H2,1-3H3,(H,16,18). The second-order valence-electron chi connectivity index (χ2n) is 5.23. The fourth-order valence-electron chi connectivity index (χ4n) is 1.77. The van der Waals surface area contributed by atoms with E-state index in [0.29, 0.717) is 17.8 Å². The molecule has 2 aromatic rings. The maximum Gasteiger partial charge on any atom is 0.262 e. The van der Waals surface area contributed by atoms with E-state index in [9.17, 15) is 9.59 Å². The molecule has 0 aliphatic heterocycles.